The van der Waals surface area contributed by atoms with Crippen molar-refractivity contribution in [1.29, 1.82) is 0 Å². The van der Waals surface area contributed by atoms with Gasteiger partial charge in [-0.2, -0.15) is 0 Å². The summed E-state index contributed by atoms with van der Waals surface area (Å²) in [6.07, 6.45) is 10.2. The van der Waals surface area contributed by atoms with E-state index in [4.69, 9.17) is 19.7 Å². The number of aromatic amines is 2. The van der Waals surface area contributed by atoms with Crippen molar-refractivity contribution in [2.45, 2.75) is 63.6 Å². The molecule has 1 aliphatic carbocycles. The Bertz CT molecular complexity index is 2040. The Labute approximate surface area is 286 Å². The van der Waals surface area contributed by atoms with Crippen molar-refractivity contribution in [2.24, 2.45) is 5.92 Å². The molecule has 3 atom stereocenters. The van der Waals surface area contributed by atoms with Gasteiger partial charge in [0.15, 0.2) is 5.82 Å². The lowest BCUT2D eigenvalue weighted by molar-refractivity contribution is -0.127. The Morgan fingerprint density at radius 2 is 1.59 bits per heavy atom. The Kier molecular flexibility index (Phi) is 9.65. The summed E-state index contributed by atoms with van der Waals surface area (Å²) in [6, 6.07) is 22.2. The van der Waals surface area contributed by atoms with Gasteiger partial charge in [0.1, 0.15) is 17.3 Å². The molecule has 3 heterocycles. The maximum Gasteiger partial charge on any atom is 0.225 e. The summed E-state index contributed by atoms with van der Waals surface area (Å²) in [5, 5.41) is 18.9. The molecule has 10 heteroatoms. The van der Waals surface area contributed by atoms with E-state index < -0.39 is 6.04 Å². The zero-order valence-corrected chi connectivity index (χ0v) is 28.5. The smallest absolute Gasteiger partial charge is 0.225 e. The third kappa shape index (κ3) is 6.78. The van der Waals surface area contributed by atoms with Gasteiger partial charge in [-0.3, -0.25) is 4.79 Å². The molecule has 3 aromatic carbocycles. The standard InChI is InChI=1S/C39H45N7O3/c1-40-32-13-7-6-12-31(32)39(47)43-35(20-27-23-42-34-15-9-5-11-30(27)34)38-45-44-37(19-17-25-22-41-33-14-8-4-10-29(25)33)46(38)24-26-16-18-28(48-2)21-36(26)49-3/h4-5,8-11,14-16,18,21-23,31-32,35,40-42H,6-7,12-13,17,19-20,24H2,1-3H3,(H,43,47)/t31?,32?,35-/m1/s1. The molecule has 49 heavy (non-hydrogen) atoms. The van der Waals surface area contributed by atoms with Gasteiger partial charge in [0.2, 0.25) is 5.91 Å². The lowest BCUT2D eigenvalue weighted by atomic mass is 9.83. The van der Waals surface area contributed by atoms with E-state index in [2.05, 4.69) is 61.7 Å². The second-order valence-corrected chi connectivity index (χ2v) is 13.0. The molecular formula is C39H45N7O3. The quantitative estimate of drug-likeness (QED) is 0.116. The number of nitrogens with zero attached hydrogens (tertiary/aromatic N) is 3. The number of para-hydroxylation sites is 2. The van der Waals surface area contributed by atoms with Crippen LogP contribution in [0.5, 0.6) is 11.5 Å². The molecule has 7 rings (SSSR count). The number of rotatable bonds is 13. The molecule has 1 fully saturated rings. The first-order valence-corrected chi connectivity index (χ1v) is 17.3. The van der Waals surface area contributed by atoms with Gasteiger partial charge in [-0.1, -0.05) is 49.2 Å². The van der Waals surface area contributed by atoms with Crippen LogP contribution in [-0.2, 0) is 30.6 Å². The van der Waals surface area contributed by atoms with Gasteiger partial charge < -0.3 is 34.6 Å². The van der Waals surface area contributed by atoms with Gasteiger partial charge in [0.05, 0.1) is 32.7 Å². The van der Waals surface area contributed by atoms with Crippen molar-refractivity contribution >= 4 is 27.7 Å². The number of ether oxygens (including phenoxy) is 2. The van der Waals surface area contributed by atoms with E-state index in [1.807, 2.05) is 49.6 Å². The summed E-state index contributed by atoms with van der Waals surface area (Å²) < 4.78 is 13.5. The van der Waals surface area contributed by atoms with E-state index in [1.54, 1.807) is 14.2 Å². The van der Waals surface area contributed by atoms with Crippen molar-refractivity contribution in [2.75, 3.05) is 21.3 Å². The minimum absolute atomic E-state index is 0.0563. The van der Waals surface area contributed by atoms with E-state index in [-0.39, 0.29) is 17.9 Å². The normalized spacial score (nSPS) is 17.0. The number of methoxy groups -OCH3 is 2. The number of carbonyl (C=O) groups excluding carboxylic acids is 1. The summed E-state index contributed by atoms with van der Waals surface area (Å²) in [6.45, 7) is 0.474. The molecule has 254 valence electrons. The van der Waals surface area contributed by atoms with Crippen LogP contribution in [-0.4, -0.2) is 57.9 Å². The van der Waals surface area contributed by atoms with Crippen molar-refractivity contribution in [3.05, 3.63) is 107 Å². The summed E-state index contributed by atoms with van der Waals surface area (Å²) in [4.78, 5) is 21.0. The molecule has 0 spiro atoms. The number of fused-ring (bicyclic) bond motifs is 2. The maximum atomic E-state index is 14.1. The van der Waals surface area contributed by atoms with Crippen LogP contribution in [0, 0.1) is 5.92 Å². The molecule has 6 aromatic rings. The lowest BCUT2D eigenvalue weighted by Crippen LogP contribution is -2.46. The maximum absolute atomic E-state index is 14.1. The number of H-pyrrole nitrogens is 2. The van der Waals surface area contributed by atoms with E-state index in [1.165, 1.54) is 10.9 Å². The first-order valence-electron chi connectivity index (χ1n) is 17.3. The highest BCUT2D eigenvalue weighted by Crippen LogP contribution is 2.31. The third-order valence-corrected chi connectivity index (χ3v) is 10.2. The van der Waals surface area contributed by atoms with Gasteiger partial charge in [0, 0.05) is 64.7 Å². The molecule has 1 aliphatic rings. The van der Waals surface area contributed by atoms with Crippen LogP contribution in [0.3, 0.4) is 0 Å². The van der Waals surface area contributed by atoms with Crippen LogP contribution in [0.25, 0.3) is 21.8 Å². The zero-order valence-electron chi connectivity index (χ0n) is 28.5. The van der Waals surface area contributed by atoms with Gasteiger partial charge in [-0.05, 0) is 61.7 Å². The number of amides is 1. The predicted molar refractivity (Wildman–Crippen MR) is 192 cm³/mol. The minimum Gasteiger partial charge on any atom is -0.497 e. The topological polar surface area (TPSA) is 122 Å². The van der Waals surface area contributed by atoms with Crippen molar-refractivity contribution in [1.82, 2.24) is 35.4 Å². The molecule has 1 amide bonds. The first kappa shape index (κ1) is 32.5. The monoisotopic (exact) mass is 659 g/mol. The van der Waals surface area contributed by atoms with Crippen LogP contribution in [0.1, 0.15) is 60.1 Å². The number of nitrogens with one attached hydrogen (secondary N) is 4. The largest absolute Gasteiger partial charge is 0.497 e. The number of hydrogen-bond donors (Lipinski definition) is 4. The molecule has 0 bridgehead atoms. The summed E-state index contributed by atoms with van der Waals surface area (Å²) >= 11 is 0. The van der Waals surface area contributed by atoms with Crippen LogP contribution < -0.4 is 20.1 Å². The highest BCUT2D eigenvalue weighted by Gasteiger charge is 2.33. The summed E-state index contributed by atoms with van der Waals surface area (Å²) in [7, 11) is 5.28. The average molecular weight is 660 g/mol. The minimum atomic E-state index is -0.412. The Balaban J connectivity index is 1.28. The fraction of sp³-hybridized carbons (Fsp3) is 0.359. The van der Waals surface area contributed by atoms with Crippen LogP contribution in [0.15, 0.2) is 79.1 Å². The van der Waals surface area contributed by atoms with E-state index >= 15 is 0 Å². The van der Waals surface area contributed by atoms with Crippen LogP contribution in [0.2, 0.25) is 0 Å². The molecule has 4 N–H and O–H groups in total. The zero-order chi connectivity index (χ0) is 33.7. The Hall–Kier alpha value is -5.09. The number of benzene rings is 3. The van der Waals surface area contributed by atoms with Crippen LogP contribution in [0.4, 0.5) is 0 Å². The number of hydrogen-bond acceptors (Lipinski definition) is 6. The molecule has 0 saturated heterocycles. The van der Waals surface area contributed by atoms with Gasteiger partial charge in [-0.15, -0.1) is 10.2 Å². The number of carbonyl (C=O) groups is 1. The van der Waals surface area contributed by atoms with Gasteiger partial charge >= 0.3 is 0 Å². The molecule has 0 radical (unpaired) electrons. The first-order chi connectivity index (χ1) is 24.1. The average Bonchev–Trinajstić information content (AvgIpc) is 3.87. The number of aryl methyl sites for hydroxylation is 2. The lowest BCUT2D eigenvalue weighted by Gasteiger charge is -2.31. The van der Waals surface area contributed by atoms with Crippen molar-refractivity contribution < 1.29 is 14.3 Å². The van der Waals surface area contributed by atoms with Crippen LogP contribution >= 0.6 is 0 Å². The van der Waals surface area contributed by atoms with Gasteiger partial charge in [-0.25, -0.2) is 0 Å². The Morgan fingerprint density at radius 3 is 2.33 bits per heavy atom. The number of aromatic nitrogens is 5. The fourth-order valence-corrected chi connectivity index (χ4v) is 7.50. The van der Waals surface area contributed by atoms with E-state index in [0.29, 0.717) is 19.4 Å². The molecule has 0 aliphatic heterocycles. The van der Waals surface area contributed by atoms with E-state index in [0.717, 1.165) is 82.8 Å². The summed E-state index contributed by atoms with van der Waals surface area (Å²) in [5.41, 5.74) is 5.50. The van der Waals surface area contributed by atoms with Gasteiger partial charge in [0.25, 0.3) is 0 Å². The van der Waals surface area contributed by atoms with E-state index in [9.17, 15) is 4.79 Å². The second-order valence-electron chi connectivity index (χ2n) is 13.0. The SMILES string of the molecule is CNC1CCCCC1C(=O)N[C@H](Cc1c[nH]c2ccccc12)c1nnc(CCc2c[nH]c3ccccc23)n1Cc1ccc(OC)cc1OC. The highest BCUT2D eigenvalue weighted by atomic mass is 16.5. The molecule has 2 unspecified atom stereocenters. The second kappa shape index (κ2) is 14.6. The molecule has 3 aromatic heterocycles. The highest BCUT2D eigenvalue weighted by molar-refractivity contribution is 5.84. The van der Waals surface area contributed by atoms with Crippen molar-refractivity contribution in [3.8, 4) is 11.5 Å². The molecule has 10 nitrogen and oxygen atoms in total. The summed E-state index contributed by atoms with van der Waals surface area (Å²) in [5.74, 6) is 2.96. The van der Waals surface area contributed by atoms with Crippen molar-refractivity contribution in [3.63, 3.8) is 0 Å². The fourth-order valence-electron chi connectivity index (χ4n) is 7.50. The molecule has 1 saturated carbocycles. The predicted octanol–water partition coefficient (Wildman–Crippen LogP) is 6.27. The Morgan fingerprint density at radius 1 is 0.878 bits per heavy atom. The molecular weight excluding hydrogens is 614 g/mol. The third-order valence-electron chi connectivity index (χ3n) is 10.2.